The van der Waals surface area contributed by atoms with Crippen LogP contribution in [0, 0.1) is 6.92 Å². The number of nitrogens with one attached hydrogen (secondary N) is 1. The molecule has 0 aliphatic carbocycles. The van der Waals surface area contributed by atoms with Crippen LogP contribution in [-0.2, 0) is 0 Å². The van der Waals surface area contributed by atoms with Crippen molar-refractivity contribution in [1.82, 2.24) is 9.55 Å². The molecule has 21 heavy (non-hydrogen) atoms. The van der Waals surface area contributed by atoms with Crippen LogP contribution in [0.25, 0.3) is 5.69 Å². The Morgan fingerprint density at radius 3 is 2.52 bits per heavy atom. The van der Waals surface area contributed by atoms with E-state index in [0.29, 0.717) is 5.56 Å². The van der Waals surface area contributed by atoms with E-state index >= 15 is 0 Å². The van der Waals surface area contributed by atoms with Crippen molar-refractivity contribution in [2.45, 2.75) is 6.92 Å². The second-order valence-corrected chi connectivity index (χ2v) is 4.79. The molecule has 3 rings (SSSR count). The number of amides is 1. The maximum Gasteiger partial charge on any atom is 0.255 e. The minimum atomic E-state index is -0.110. The average Bonchev–Trinajstić information content (AvgIpc) is 3.04. The summed E-state index contributed by atoms with van der Waals surface area (Å²) in [7, 11) is 0. The molecule has 1 amide bonds. The van der Waals surface area contributed by atoms with Crippen LogP contribution in [0.15, 0.2) is 67.3 Å². The van der Waals surface area contributed by atoms with Crippen molar-refractivity contribution in [3.63, 3.8) is 0 Å². The van der Waals surface area contributed by atoms with Crippen LogP contribution in [-0.4, -0.2) is 15.5 Å². The first-order valence-corrected chi connectivity index (χ1v) is 6.69. The van der Waals surface area contributed by atoms with Gasteiger partial charge in [-0.25, -0.2) is 4.98 Å². The van der Waals surface area contributed by atoms with Crippen molar-refractivity contribution >= 4 is 11.6 Å². The summed E-state index contributed by atoms with van der Waals surface area (Å²) in [4.78, 5) is 16.2. The van der Waals surface area contributed by atoms with Crippen molar-refractivity contribution in [3.05, 3.63) is 78.4 Å². The molecule has 1 heterocycles. The topological polar surface area (TPSA) is 46.9 Å². The summed E-state index contributed by atoms with van der Waals surface area (Å²) in [5, 5.41) is 2.92. The fourth-order valence-corrected chi connectivity index (χ4v) is 2.10. The van der Waals surface area contributed by atoms with E-state index < -0.39 is 0 Å². The third-order valence-corrected chi connectivity index (χ3v) is 3.33. The minimum absolute atomic E-state index is 0.110. The van der Waals surface area contributed by atoms with Gasteiger partial charge in [0.05, 0.1) is 6.33 Å². The number of aryl methyl sites for hydroxylation is 1. The molecule has 0 saturated carbocycles. The van der Waals surface area contributed by atoms with E-state index in [1.807, 2.05) is 66.2 Å². The highest BCUT2D eigenvalue weighted by molar-refractivity contribution is 6.04. The molecule has 4 heteroatoms. The molecule has 0 fully saturated rings. The number of carbonyl (C=O) groups is 1. The minimum Gasteiger partial charge on any atom is -0.322 e. The number of nitrogens with zero attached hydrogens (tertiary/aromatic N) is 2. The van der Waals surface area contributed by atoms with Gasteiger partial charge in [-0.3, -0.25) is 4.79 Å². The predicted molar refractivity (Wildman–Crippen MR) is 82.7 cm³/mol. The normalized spacial score (nSPS) is 10.3. The molecule has 0 atom stereocenters. The first kappa shape index (κ1) is 13.1. The first-order valence-electron chi connectivity index (χ1n) is 6.69. The van der Waals surface area contributed by atoms with Gasteiger partial charge in [0.25, 0.3) is 5.91 Å². The molecule has 104 valence electrons. The lowest BCUT2D eigenvalue weighted by molar-refractivity contribution is 0.102. The summed E-state index contributed by atoms with van der Waals surface area (Å²) in [6.45, 7) is 1.97. The van der Waals surface area contributed by atoms with Crippen LogP contribution in [0.2, 0.25) is 0 Å². The van der Waals surface area contributed by atoms with Gasteiger partial charge in [0, 0.05) is 29.3 Å². The summed E-state index contributed by atoms with van der Waals surface area (Å²) in [6.07, 6.45) is 5.31. The third kappa shape index (κ3) is 2.84. The van der Waals surface area contributed by atoms with Crippen LogP contribution in [0.5, 0.6) is 0 Å². The zero-order valence-electron chi connectivity index (χ0n) is 11.7. The van der Waals surface area contributed by atoms with E-state index in [4.69, 9.17) is 0 Å². The first-order chi connectivity index (χ1) is 10.2. The molecule has 0 aliphatic heterocycles. The number of rotatable bonds is 3. The number of benzene rings is 2. The van der Waals surface area contributed by atoms with E-state index in [9.17, 15) is 4.79 Å². The lowest BCUT2D eigenvalue weighted by atomic mass is 10.1. The van der Waals surface area contributed by atoms with Gasteiger partial charge in [0.15, 0.2) is 0 Å². The molecule has 1 N–H and O–H groups in total. The van der Waals surface area contributed by atoms with E-state index in [1.165, 1.54) is 0 Å². The van der Waals surface area contributed by atoms with Gasteiger partial charge in [-0.15, -0.1) is 0 Å². The zero-order chi connectivity index (χ0) is 14.7. The van der Waals surface area contributed by atoms with E-state index in [-0.39, 0.29) is 5.91 Å². The lowest BCUT2D eigenvalue weighted by Crippen LogP contribution is -2.12. The lowest BCUT2D eigenvalue weighted by Gasteiger charge is -2.08. The van der Waals surface area contributed by atoms with Gasteiger partial charge < -0.3 is 9.88 Å². The zero-order valence-corrected chi connectivity index (χ0v) is 11.7. The second-order valence-electron chi connectivity index (χ2n) is 4.79. The number of hydrogen-bond donors (Lipinski definition) is 1. The Bertz CT molecular complexity index is 746. The maximum atomic E-state index is 12.2. The van der Waals surface area contributed by atoms with Crippen LogP contribution in [0.3, 0.4) is 0 Å². The van der Waals surface area contributed by atoms with Gasteiger partial charge in [-0.05, 0) is 42.8 Å². The molecule has 2 aromatic carbocycles. The maximum absolute atomic E-state index is 12.2. The smallest absolute Gasteiger partial charge is 0.255 e. The molecule has 3 aromatic rings. The van der Waals surface area contributed by atoms with Crippen LogP contribution < -0.4 is 5.32 Å². The molecule has 0 radical (unpaired) electrons. The van der Waals surface area contributed by atoms with Gasteiger partial charge in [-0.2, -0.15) is 0 Å². The number of para-hydroxylation sites is 1. The Balaban J connectivity index is 1.78. The molecule has 0 saturated heterocycles. The fourth-order valence-electron chi connectivity index (χ4n) is 2.10. The number of anilines is 1. The van der Waals surface area contributed by atoms with Crippen molar-refractivity contribution in [1.29, 1.82) is 0 Å². The largest absolute Gasteiger partial charge is 0.322 e. The molecule has 0 spiro atoms. The molecule has 1 aromatic heterocycles. The number of imidazole rings is 1. The van der Waals surface area contributed by atoms with E-state index in [2.05, 4.69) is 10.3 Å². The Morgan fingerprint density at radius 1 is 1.10 bits per heavy atom. The Kier molecular flexibility index (Phi) is 3.51. The molecule has 4 nitrogen and oxygen atoms in total. The summed E-state index contributed by atoms with van der Waals surface area (Å²) in [6, 6.07) is 15.1. The van der Waals surface area contributed by atoms with Crippen LogP contribution >= 0.6 is 0 Å². The quantitative estimate of drug-likeness (QED) is 0.797. The Morgan fingerprint density at radius 2 is 1.86 bits per heavy atom. The van der Waals surface area contributed by atoms with Crippen molar-refractivity contribution < 1.29 is 4.79 Å². The van der Waals surface area contributed by atoms with E-state index in [1.54, 1.807) is 12.5 Å². The third-order valence-electron chi connectivity index (χ3n) is 3.33. The van der Waals surface area contributed by atoms with Crippen molar-refractivity contribution in [3.8, 4) is 5.69 Å². The second kappa shape index (κ2) is 5.63. The van der Waals surface area contributed by atoms with Crippen molar-refractivity contribution in [2.75, 3.05) is 5.32 Å². The molecule has 0 aliphatic rings. The van der Waals surface area contributed by atoms with Crippen LogP contribution in [0.4, 0.5) is 5.69 Å². The summed E-state index contributed by atoms with van der Waals surface area (Å²) in [5.74, 6) is -0.110. The molecular weight excluding hydrogens is 262 g/mol. The Labute approximate surface area is 123 Å². The highest BCUT2D eigenvalue weighted by Crippen LogP contribution is 2.15. The highest BCUT2D eigenvalue weighted by Gasteiger charge is 2.07. The summed E-state index contributed by atoms with van der Waals surface area (Å²) >= 11 is 0. The number of aromatic nitrogens is 2. The number of carbonyl (C=O) groups excluding carboxylic acids is 1. The average molecular weight is 277 g/mol. The van der Waals surface area contributed by atoms with Gasteiger partial charge in [0.2, 0.25) is 0 Å². The number of hydrogen-bond acceptors (Lipinski definition) is 2. The summed E-state index contributed by atoms with van der Waals surface area (Å²) in [5.41, 5.74) is 3.48. The monoisotopic (exact) mass is 277 g/mol. The van der Waals surface area contributed by atoms with Gasteiger partial charge in [0.1, 0.15) is 0 Å². The highest BCUT2D eigenvalue weighted by atomic mass is 16.1. The van der Waals surface area contributed by atoms with E-state index in [0.717, 1.165) is 16.9 Å². The summed E-state index contributed by atoms with van der Waals surface area (Å²) < 4.78 is 1.89. The SMILES string of the molecule is Cc1ccccc1NC(=O)c1ccc(-n2ccnc2)cc1. The standard InChI is InChI=1S/C17H15N3O/c1-13-4-2-3-5-16(13)19-17(21)14-6-8-15(9-7-14)20-11-10-18-12-20/h2-12H,1H3,(H,19,21). The van der Waals surface area contributed by atoms with Gasteiger partial charge in [-0.1, -0.05) is 18.2 Å². The fraction of sp³-hybridized carbons (Fsp3) is 0.0588. The molecule has 0 unspecified atom stereocenters. The van der Waals surface area contributed by atoms with Crippen LogP contribution in [0.1, 0.15) is 15.9 Å². The van der Waals surface area contributed by atoms with Crippen molar-refractivity contribution in [2.24, 2.45) is 0 Å². The van der Waals surface area contributed by atoms with Gasteiger partial charge >= 0.3 is 0 Å². The molecule has 0 bridgehead atoms. The molecular formula is C17H15N3O. The Hall–Kier alpha value is -2.88. The predicted octanol–water partition coefficient (Wildman–Crippen LogP) is 3.43.